The van der Waals surface area contributed by atoms with Crippen LogP contribution >= 0.6 is 24.0 Å². The number of likely N-dealkylation sites (N-methyl/N-ethyl adjacent to an activating group) is 1. The molecule has 11 heteroatoms. The molecule has 2 aromatic rings. The van der Waals surface area contributed by atoms with Gasteiger partial charge in [-0.05, 0) is 31.7 Å². The van der Waals surface area contributed by atoms with Crippen LogP contribution in [-0.2, 0) is 12.1 Å². The van der Waals surface area contributed by atoms with Gasteiger partial charge in [0.15, 0.2) is 11.4 Å². The fraction of sp³-hybridized carbons (Fsp3) is 0.409. The van der Waals surface area contributed by atoms with E-state index < -0.39 is 34.3 Å². The number of nitrogens with one attached hydrogen (secondary N) is 1. The number of amides is 2. The van der Waals surface area contributed by atoms with Crippen molar-refractivity contribution in [2.75, 3.05) is 19.7 Å². The minimum atomic E-state index is -0.972. The molecule has 1 aliphatic carbocycles. The van der Waals surface area contributed by atoms with Gasteiger partial charge in [0.2, 0.25) is 5.43 Å². The second kappa shape index (κ2) is 9.32. The van der Waals surface area contributed by atoms with Crippen molar-refractivity contribution in [3.8, 4) is 5.75 Å². The molecule has 1 spiro atoms. The molecule has 1 aromatic heterocycles. The zero-order valence-electron chi connectivity index (χ0n) is 17.8. The monoisotopic (exact) mass is 499 g/mol. The lowest BCUT2D eigenvalue weighted by atomic mass is 9.67. The molecular weight excluding hydrogens is 476 g/mol. The molecule has 0 bridgehead atoms. The standard InChI is InChI=1S/C22H23ClFN3O5.ClH/c1-2-26-11-22(6-12(7-22)10-28)27-9-14(18(29)19(30)17(27)21(26)32)20(31)25-8-13-4-3-5-15(23)16(13)24;/h3-5,9,12,28,30H,2,6-8,10-11H2,1H3,(H,25,31);1H/t12-,22+;. The lowest BCUT2D eigenvalue weighted by Gasteiger charge is -2.54. The summed E-state index contributed by atoms with van der Waals surface area (Å²) in [6.45, 7) is 2.32. The Hall–Kier alpha value is -2.62. The first-order valence-corrected chi connectivity index (χ1v) is 10.7. The van der Waals surface area contributed by atoms with Crippen molar-refractivity contribution in [1.82, 2.24) is 14.8 Å². The number of carbonyl (C=O) groups is 2. The first-order chi connectivity index (χ1) is 15.2. The maximum absolute atomic E-state index is 14.1. The molecule has 1 aromatic carbocycles. The smallest absolute Gasteiger partial charge is 0.274 e. The van der Waals surface area contributed by atoms with Crippen molar-refractivity contribution < 1.29 is 24.2 Å². The Morgan fingerprint density at radius 1 is 1.33 bits per heavy atom. The number of pyridine rings is 1. The Morgan fingerprint density at radius 2 is 2.03 bits per heavy atom. The Balaban J connectivity index is 0.00000306. The van der Waals surface area contributed by atoms with Crippen LogP contribution in [0.25, 0.3) is 0 Å². The number of rotatable bonds is 5. The van der Waals surface area contributed by atoms with Gasteiger partial charge in [0.05, 0.1) is 10.6 Å². The lowest BCUT2D eigenvalue weighted by Crippen LogP contribution is -2.61. The van der Waals surface area contributed by atoms with Crippen molar-refractivity contribution in [3.05, 3.63) is 62.3 Å². The summed E-state index contributed by atoms with van der Waals surface area (Å²) in [6, 6.07) is 4.37. The number of aliphatic hydroxyl groups excluding tert-OH is 1. The molecule has 8 nitrogen and oxygen atoms in total. The lowest BCUT2D eigenvalue weighted by molar-refractivity contribution is -0.0142. The van der Waals surface area contributed by atoms with Crippen LogP contribution < -0.4 is 10.7 Å². The highest BCUT2D eigenvalue weighted by Crippen LogP contribution is 2.48. The van der Waals surface area contributed by atoms with Crippen LogP contribution in [0.5, 0.6) is 5.75 Å². The quantitative estimate of drug-likeness (QED) is 0.584. The molecule has 0 saturated heterocycles. The van der Waals surface area contributed by atoms with Gasteiger partial charge >= 0.3 is 0 Å². The predicted octanol–water partition coefficient (Wildman–Crippen LogP) is 2.27. The molecule has 2 heterocycles. The number of aromatic hydroxyl groups is 1. The third-order valence-electron chi connectivity index (χ3n) is 6.36. The van der Waals surface area contributed by atoms with E-state index in [1.165, 1.54) is 29.0 Å². The van der Waals surface area contributed by atoms with Crippen molar-refractivity contribution >= 4 is 35.8 Å². The molecule has 178 valence electrons. The Labute approximate surface area is 200 Å². The number of benzene rings is 1. The first kappa shape index (κ1) is 25.0. The third-order valence-corrected chi connectivity index (χ3v) is 6.65. The van der Waals surface area contributed by atoms with Gasteiger partial charge in [-0.1, -0.05) is 23.7 Å². The van der Waals surface area contributed by atoms with E-state index in [9.17, 15) is 29.0 Å². The fourth-order valence-electron chi connectivity index (χ4n) is 4.68. The topological polar surface area (TPSA) is 112 Å². The van der Waals surface area contributed by atoms with Crippen molar-refractivity contribution in [3.63, 3.8) is 0 Å². The molecule has 3 N–H and O–H groups in total. The molecule has 0 unspecified atom stereocenters. The van der Waals surface area contributed by atoms with Crippen molar-refractivity contribution in [2.24, 2.45) is 5.92 Å². The number of fused-ring (bicyclic) bond motifs is 2. The van der Waals surface area contributed by atoms with Gasteiger partial charge in [0.25, 0.3) is 11.8 Å². The Morgan fingerprint density at radius 3 is 2.67 bits per heavy atom. The summed E-state index contributed by atoms with van der Waals surface area (Å²) in [5.41, 5.74) is -1.95. The average Bonchev–Trinajstić information content (AvgIpc) is 2.75. The minimum Gasteiger partial charge on any atom is -0.503 e. The number of carbonyl (C=O) groups excluding carboxylic acids is 2. The van der Waals surface area contributed by atoms with Crippen molar-refractivity contribution in [1.29, 1.82) is 0 Å². The first-order valence-electron chi connectivity index (χ1n) is 10.3. The van der Waals surface area contributed by atoms with E-state index in [0.717, 1.165) is 0 Å². The number of hydrogen-bond acceptors (Lipinski definition) is 5. The van der Waals surface area contributed by atoms with Crippen LogP contribution in [-0.4, -0.2) is 51.2 Å². The average molecular weight is 500 g/mol. The molecule has 2 amide bonds. The maximum atomic E-state index is 14.1. The number of hydrogen-bond donors (Lipinski definition) is 3. The number of halogens is 3. The van der Waals surface area contributed by atoms with E-state index in [0.29, 0.717) is 25.9 Å². The molecule has 1 saturated carbocycles. The highest BCUT2D eigenvalue weighted by Gasteiger charge is 2.52. The van der Waals surface area contributed by atoms with E-state index in [1.54, 1.807) is 11.8 Å². The highest BCUT2D eigenvalue weighted by molar-refractivity contribution is 6.30. The van der Waals surface area contributed by atoms with Crippen LogP contribution in [0.2, 0.25) is 5.02 Å². The zero-order chi connectivity index (χ0) is 23.2. The summed E-state index contributed by atoms with van der Waals surface area (Å²) in [5.74, 6) is -2.74. The van der Waals surface area contributed by atoms with Gasteiger partial charge < -0.3 is 25.0 Å². The Kier molecular flexibility index (Phi) is 7.07. The SMILES string of the molecule is CCN1C[C@]2(C[C@H](CO)C2)n2cc(C(=O)NCc3cccc(Cl)c3F)c(=O)c(O)c2C1=O.Cl. The van der Waals surface area contributed by atoms with Gasteiger partial charge in [0.1, 0.15) is 11.4 Å². The highest BCUT2D eigenvalue weighted by atomic mass is 35.5. The molecule has 1 aliphatic heterocycles. The summed E-state index contributed by atoms with van der Waals surface area (Å²) >= 11 is 5.76. The summed E-state index contributed by atoms with van der Waals surface area (Å²) in [5, 5.41) is 22.5. The molecule has 0 radical (unpaired) electrons. The zero-order valence-corrected chi connectivity index (χ0v) is 19.4. The molecule has 4 rings (SSSR count). The second-order valence-electron chi connectivity index (χ2n) is 8.34. The third kappa shape index (κ3) is 4.09. The molecule has 33 heavy (non-hydrogen) atoms. The predicted molar refractivity (Wildman–Crippen MR) is 122 cm³/mol. The van der Waals surface area contributed by atoms with Crippen LogP contribution in [0.4, 0.5) is 4.39 Å². The van der Waals surface area contributed by atoms with E-state index in [1.807, 2.05) is 0 Å². The van der Waals surface area contributed by atoms with Gasteiger partial charge in [-0.15, -0.1) is 12.4 Å². The summed E-state index contributed by atoms with van der Waals surface area (Å²) in [4.78, 5) is 40.0. The van der Waals surface area contributed by atoms with E-state index in [2.05, 4.69) is 5.32 Å². The largest absolute Gasteiger partial charge is 0.503 e. The van der Waals surface area contributed by atoms with E-state index >= 15 is 0 Å². The van der Waals surface area contributed by atoms with Gasteiger partial charge in [0, 0.05) is 38.0 Å². The van der Waals surface area contributed by atoms with E-state index in [4.69, 9.17) is 11.6 Å². The second-order valence-corrected chi connectivity index (χ2v) is 8.74. The number of nitrogens with zero attached hydrogens (tertiary/aromatic N) is 2. The molecular formula is C22H24Cl2FN3O5. The molecule has 0 atom stereocenters. The van der Waals surface area contributed by atoms with Gasteiger partial charge in [-0.3, -0.25) is 14.4 Å². The van der Waals surface area contributed by atoms with Gasteiger partial charge in [-0.25, -0.2) is 4.39 Å². The van der Waals surface area contributed by atoms with Gasteiger partial charge in [-0.2, -0.15) is 0 Å². The van der Waals surface area contributed by atoms with Crippen LogP contribution in [0.3, 0.4) is 0 Å². The summed E-state index contributed by atoms with van der Waals surface area (Å²) < 4.78 is 15.6. The summed E-state index contributed by atoms with van der Waals surface area (Å²) in [7, 11) is 0. The van der Waals surface area contributed by atoms with Crippen LogP contribution in [0.1, 0.15) is 46.2 Å². The van der Waals surface area contributed by atoms with Crippen LogP contribution in [0.15, 0.2) is 29.2 Å². The summed E-state index contributed by atoms with van der Waals surface area (Å²) in [6.07, 6.45) is 2.37. The minimum absolute atomic E-state index is 0. The fourth-order valence-corrected chi connectivity index (χ4v) is 4.87. The maximum Gasteiger partial charge on any atom is 0.274 e. The van der Waals surface area contributed by atoms with Crippen LogP contribution in [0, 0.1) is 11.7 Å². The van der Waals surface area contributed by atoms with Crippen molar-refractivity contribution in [2.45, 2.75) is 31.8 Å². The normalized spacial score (nSPS) is 21.3. The molecule has 1 fully saturated rings. The Bertz CT molecular complexity index is 1160. The number of aliphatic hydroxyl groups is 1. The number of aromatic nitrogens is 1. The molecule has 2 aliphatic rings. The van der Waals surface area contributed by atoms with E-state index in [-0.39, 0.29) is 53.3 Å².